The van der Waals surface area contributed by atoms with E-state index in [1.165, 1.54) is 12.1 Å². The maximum atomic E-state index is 10.5. The second kappa shape index (κ2) is 8.17. The number of nitro groups is 1. The quantitative estimate of drug-likeness (QED) is 0.378. The number of hydrogen-bond acceptors (Lipinski definition) is 5. The van der Waals surface area contributed by atoms with Crippen molar-refractivity contribution in [3.05, 3.63) is 39.9 Å². The van der Waals surface area contributed by atoms with Crippen molar-refractivity contribution < 1.29 is 14.5 Å². The summed E-state index contributed by atoms with van der Waals surface area (Å²) >= 11 is 0. The first kappa shape index (κ1) is 15.1. The summed E-state index contributed by atoms with van der Waals surface area (Å²) in [5.41, 5.74) is 6.03. The predicted molar refractivity (Wildman–Crippen MR) is 69.7 cm³/mol. The summed E-state index contributed by atoms with van der Waals surface area (Å²) in [7, 11) is 0. The third kappa shape index (κ3) is 6.49. The minimum Gasteiger partial charge on any atom is -0.370 e. The minimum atomic E-state index is -0.481. The molecule has 1 aromatic rings. The summed E-state index contributed by atoms with van der Waals surface area (Å²) in [4.78, 5) is 20.4. The SMILES string of the molecule is NC(=O)COCCNCCc1ccc([N+](=O)[O-])cc1. The van der Waals surface area contributed by atoms with E-state index < -0.39 is 10.8 Å². The fourth-order valence-electron chi connectivity index (χ4n) is 1.46. The zero-order valence-corrected chi connectivity index (χ0v) is 10.5. The number of ether oxygens (including phenoxy) is 1. The number of nitro benzene ring substituents is 1. The van der Waals surface area contributed by atoms with Crippen molar-refractivity contribution >= 4 is 11.6 Å². The topological polar surface area (TPSA) is 107 Å². The largest absolute Gasteiger partial charge is 0.370 e. The van der Waals surface area contributed by atoms with Gasteiger partial charge in [0, 0.05) is 18.7 Å². The molecule has 0 aliphatic rings. The average molecular weight is 267 g/mol. The second-order valence-electron chi connectivity index (χ2n) is 3.94. The summed E-state index contributed by atoms with van der Waals surface area (Å²) in [6.45, 7) is 1.71. The lowest BCUT2D eigenvalue weighted by molar-refractivity contribution is -0.384. The number of nitrogens with two attached hydrogens (primary N) is 1. The first-order valence-electron chi connectivity index (χ1n) is 5.89. The number of carbonyl (C=O) groups excluding carboxylic acids is 1. The number of nitrogens with one attached hydrogen (secondary N) is 1. The van der Waals surface area contributed by atoms with E-state index in [-0.39, 0.29) is 12.3 Å². The van der Waals surface area contributed by atoms with Crippen LogP contribution >= 0.6 is 0 Å². The van der Waals surface area contributed by atoms with Crippen LogP contribution in [0.5, 0.6) is 0 Å². The molecule has 104 valence electrons. The average Bonchev–Trinajstić information content (AvgIpc) is 2.38. The van der Waals surface area contributed by atoms with E-state index in [9.17, 15) is 14.9 Å². The van der Waals surface area contributed by atoms with Gasteiger partial charge in [0.05, 0.1) is 11.5 Å². The molecule has 0 aliphatic heterocycles. The van der Waals surface area contributed by atoms with E-state index in [0.29, 0.717) is 13.2 Å². The van der Waals surface area contributed by atoms with Crippen molar-refractivity contribution in [3.8, 4) is 0 Å². The normalized spacial score (nSPS) is 10.3. The van der Waals surface area contributed by atoms with Crippen LogP contribution in [0, 0.1) is 10.1 Å². The number of rotatable bonds is 9. The van der Waals surface area contributed by atoms with Gasteiger partial charge < -0.3 is 15.8 Å². The molecule has 0 bridgehead atoms. The van der Waals surface area contributed by atoms with Crippen LogP contribution in [-0.4, -0.2) is 37.1 Å². The zero-order chi connectivity index (χ0) is 14.1. The van der Waals surface area contributed by atoms with Gasteiger partial charge in [-0.15, -0.1) is 0 Å². The zero-order valence-electron chi connectivity index (χ0n) is 10.5. The van der Waals surface area contributed by atoms with Crippen molar-refractivity contribution in [1.29, 1.82) is 0 Å². The molecule has 0 fully saturated rings. The van der Waals surface area contributed by atoms with Crippen molar-refractivity contribution in [3.63, 3.8) is 0 Å². The van der Waals surface area contributed by atoms with Crippen LogP contribution in [0.25, 0.3) is 0 Å². The molecule has 19 heavy (non-hydrogen) atoms. The summed E-state index contributed by atoms with van der Waals surface area (Å²) in [5.74, 6) is -0.481. The predicted octanol–water partition coefficient (Wildman–Crippen LogP) is 0.229. The Morgan fingerprint density at radius 2 is 2.00 bits per heavy atom. The molecule has 0 aromatic heterocycles. The smallest absolute Gasteiger partial charge is 0.269 e. The van der Waals surface area contributed by atoms with E-state index in [1.54, 1.807) is 12.1 Å². The minimum absolute atomic E-state index is 0.0654. The van der Waals surface area contributed by atoms with Crippen molar-refractivity contribution in [2.75, 3.05) is 26.3 Å². The Kier molecular flexibility index (Phi) is 6.48. The van der Waals surface area contributed by atoms with Crippen LogP contribution in [0.4, 0.5) is 5.69 Å². The monoisotopic (exact) mass is 267 g/mol. The van der Waals surface area contributed by atoms with Crippen LogP contribution in [-0.2, 0) is 16.0 Å². The molecule has 0 radical (unpaired) electrons. The fourth-order valence-corrected chi connectivity index (χ4v) is 1.46. The van der Waals surface area contributed by atoms with Crippen LogP contribution in [0.1, 0.15) is 5.56 Å². The number of primary amides is 1. The van der Waals surface area contributed by atoms with Gasteiger partial charge in [-0.2, -0.15) is 0 Å². The molecule has 1 rings (SSSR count). The van der Waals surface area contributed by atoms with E-state index >= 15 is 0 Å². The van der Waals surface area contributed by atoms with E-state index in [0.717, 1.165) is 18.5 Å². The van der Waals surface area contributed by atoms with Crippen LogP contribution in [0.2, 0.25) is 0 Å². The molecule has 0 aliphatic carbocycles. The Morgan fingerprint density at radius 3 is 2.58 bits per heavy atom. The lowest BCUT2D eigenvalue weighted by Crippen LogP contribution is -2.25. The van der Waals surface area contributed by atoms with Gasteiger partial charge in [-0.05, 0) is 18.5 Å². The Balaban J connectivity index is 2.12. The first-order chi connectivity index (χ1) is 9.09. The van der Waals surface area contributed by atoms with E-state index in [1.807, 2.05) is 0 Å². The fraction of sp³-hybridized carbons (Fsp3) is 0.417. The van der Waals surface area contributed by atoms with Gasteiger partial charge in [-0.3, -0.25) is 14.9 Å². The highest BCUT2D eigenvalue weighted by atomic mass is 16.6. The summed E-state index contributed by atoms with van der Waals surface area (Å²) in [6, 6.07) is 6.46. The molecule has 0 unspecified atom stereocenters. The lowest BCUT2D eigenvalue weighted by atomic mass is 10.1. The Bertz CT molecular complexity index is 419. The van der Waals surface area contributed by atoms with Gasteiger partial charge in [-0.25, -0.2) is 0 Å². The van der Waals surface area contributed by atoms with E-state index in [2.05, 4.69) is 5.32 Å². The maximum Gasteiger partial charge on any atom is 0.269 e. The molecule has 0 spiro atoms. The van der Waals surface area contributed by atoms with Gasteiger partial charge in [-0.1, -0.05) is 12.1 Å². The number of hydrogen-bond donors (Lipinski definition) is 2. The second-order valence-corrected chi connectivity index (χ2v) is 3.94. The molecular weight excluding hydrogens is 250 g/mol. The van der Waals surface area contributed by atoms with Crippen LogP contribution < -0.4 is 11.1 Å². The number of carbonyl (C=O) groups is 1. The maximum absolute atomic E-state index is 10.5. The number of nitrogens with zero attached hydrogens (tertiary/aromatic N) is 1. The van der Waals surface area contributed by atoms with Crippen LogP contribution in [0.15, 0.2) is 24.3 Å². The molecule has 7 nitrogen and oxygen atoms in total. The molecule has 0 saturated carbocycles. The third-order valence-electron chi connectivity index (χ3n) is 2.41. The molecule has 1 aromatic carbocycles. The summed E-state index contributed by atoms with van der Waals surface area (Å²) in [5, 5.41) is 13.6. The van der Waals surface area contributed by atoms with Gasteiger partial charge in [0.2, 0.25) is 5.91 Å². The van der Waals surface area contributed by atoms with Gasteiger partial charge >= 0.3 is 0 Å². The molecule has 3 N–H and O–H groups in total. The number of non-ortho nitro benzene ring substituents is 1. The summed E-state index contributed by atoms with van der Waals surface area (Å²) < 4.78 is 4.98. The highest BCUT2D eigenvalue weighted by Crippen LogP contribution is 2.11. The third-order valence-corrected chi connectivity index (χ3v) is 2.41. The summed E-state index contributed by atoms with van der Waals surface area (Å²) in [6.07, 6.45) is 0.772. The van der Waals surface area contributed by atoms with Gasteiger partial charge in [0.15, 0.2) is 0 Å². The van der Waals surface area contributed by atoms with Gasteiger partial charge in [0.25, 0.3) is 5.69 Å². The van der Waals surface area contributed by atoms with E-state index in [4.69, 9.17) is 10.5 Å². The van der Waals surface area contributed by atoms with Gasteiger partial charge in [0.1, 0.15) is 6.61 Å². The Labute approximate surface area is 110 Å². The number of amides is 1. The first-order valence-corrected chi connectivity index (χ1v) is 5.89. The molecule has 7 heteroatoms. The molecule has 0 heterocycles. The van der Waals surface area contributed by atoms with Crippen molar-refractivity contribution in [1.82, 2.24) is 5.32 Å². The molecule has 0 atom stereocenters. The Hall–Kier alpha value is -1.99. The van der Waals surface area contributed by atoms with Crippen LogP contribution in [0.3, 0.4) is 0 Å². The molecular formula is C12H17N3O4. The highest BCUT2D eigenvalue weighted by Gasteiger charge is 2.03. The van der Waals surface area contributed by atoms with Crippen molar-refractivity contribution in [2.24, 2.45) is 5.73 Å². The van der Waals surface area contributed by atoms with Crippen molar-refractivity contribution in [2.45, 2.75) is 6.42 Å². The molecule has 1 amide bonds. The highest BCUT2D eigenvalue weighted by molar-refractivity contribution is 5.74. The standard InChI is InChI=1S/C12H17N3O4/c13-12(16)9-19-8-7-14-6-5-10-1-3-11(4-2-10)15(17)18/h1-4,14H,5-9H2,(H2,13,16). The molecule has 0 saturated heterocycles. The number of benzene rings is 1. The Morgan fingerprint density at radius 1 is 1.32 bits per heavy atom. The lowest BCUT2D eigenvalue weighted by Gasteiger charge is -2.05.